The number of rotatable bonds is 6. The van der Waals surface area contributed by atoms with Crippen molar-refractivity contribution in [3.8, 4) is 11.5 Å². The Morgan fingerprint density at radius 1 is 1.17 bits per heavy atom. The summed E-state index contributed by atoms with van der Waals surface area (Å²) in [6.07, 6.45) is 1.89. The van der Waals surface area contributed by atoms with Crippen LogP contribution in [0, 0.1) is 0 Å². The third kappa shape index (κ3) is 4.26. The lowest BCUT2D eigenvalue weighted by atomic mass is 9.89. The highest BCUT2D eigenvalue weighted by Gasteiger charge is 2.19. The zero-order valence-corrected chi connectivity index (χ0v) is 15.9. The molecular formula is C17H24BrN3O2. The van der Waals surface area contributed by atoms with E-state index in [-0.39, 0.29) is 5.41 Å². The summed E-state index contributed by atoms with van der Waals surface area (Å²) in [5, 5.41) is 10.7. The molecular weight excluding hydrogens is 358 g/mol. The van der Waals surface area contributed by atoms with E-state index in [1.807, 2.05) is 18.3 Å². The highest BCUT2D eigenvalue weighted by Crippen LogP contribution is 2.36. The van der Waals surface area contributed by atoms with Gasteiger partial charge in [-0.05, 0) is 33.6 Å². The summed E-state index contributed by atoms with van der Waals surface area (Å²) in [6.45, 7) is 8.02. The summed E-state index contributed by atoms with van der Waals surface area (Å²) in [5.74, 6) is 1.43. The van der Waals surface area contributed by atoms with Gasteiger partial charge in [0.15, 0.2) is 11.5 Å². The SMILES string of the molecule is COc1cc(CNCc2cn[nH]c2C(C)(C)C)cc(Br)c1OC. The van der Waals surface area contributed by atoms with Crippen molar-refractivity contribution in [2.75, 3.05) is 14.2 Å². The number of halogens is 1. The maximum Gasteiger partial charge on any atom is 0.174 e. The topological polar surface area (TPSA) is 59.2 Å². The van der Waals surface area contributed by atoms with E-state index < -0.39 is 0 Å². The maximum absolute atomic E-state index is 5.38. The quantitative estimate of drug-likeness (QED) is 0.799. The Kier molecular flexibility index (Phi) is 5.70. The molecule has 0 bridgehead atoms. The number of ether oxygens (including phenoxy) is 2. The highest BCUT2D eigenvalue weighted by atomic mass is 79.9. The van der Waals surface area contributed by atoms with Crippen molar-refractivity contribution in [3.63, 3.8) is 0 Å². The highest BCUT2D eigenvalue weighted by molar-refractivity contribution is 9.10. The molecule has 0 aliphatic carbocycles. The predicted molar refractivity (Wildman–Crippen MR) is 95.1 cm³/mol. The summed E-state index contributed by atoms with van der Waals surface area (Å²) >= 11 is 3.52. The number of aromatic amines is 1. The number of hydrogen-bond donors (Lipinski definition) is 2. The molecule has 0 saturated carbocycles. The van der Waals surface area contributed by atoms with Gasteiger partial charge >= 0.3 is 0 Å². The van der Waals surface area contributed by atoms with E-state index in [0.717, 1.165) is 28.9 Å². The molecule has 23 heavy (non-hydrogen) atoms. The van der Waals surface area contributed by atoms with E-state index in [1.54, 1.807) is 14.2 Å². The van der Waals surface area contributed by atoms with Crippen LogP contribution in [-0.2, 0) is 18.5 Å². The fourth-order valence-corrected chi connectivity index (χ4v) is 3.16. The first-order valence-electron chi connectivity index (χ1n) is 7.50. The predicted octanol–water partition coefficient (Wildman–Crippen LogP) is 3.78. The Balaban J connectivity index is 2.05. The molecule has 2 N–H and O–H groups in total. The van der Waals surface area contributed by atoms with Crippen LogP contribution < -0.4 is 14.8 Å². The first-order chi connectivity index (χ1) is 10.9. The second-order valence-corrected chi connectivity index (χ2v) is 7.29. The number of nitrogens with one attached hydrogen (secondary N) is 2. The molecule has 1 aromatic heterocycles. The number of H-pyrrole nitrogens is 1. The molecule has 0 fully saturated rings. The van der Waals surface area contributed by atoms with Gasteiger partial charge in [0.05, 0.1) is 24.9 Å². The van der Waals surface area contributed by atoms with Crippen molar-refractivity contribution < 1.29 is 9.47 Å². The van der Waals surface area contributed by atoms with Gasteiger partial charge in [-0.15, -0.1) is 0 Å². The first-order valence-corrected chi connectivity index (χ1v) is 8.30. The Morgan fingerprint density at radius 2 is 1.91 bits per heavy atom. The van der Waals surface area contributed by atoms with E-state index in [1.165, 1.54) is 11.3 Å². The molecule has 0 amide bonds. The minimum atomic E-state index is 0.0554. The first kappa shape index (κ1) is 17.8. The van der Waals surface area contributed by atoms with Crippen molar-refractivity contribution in [1.29, 1.82) is 0 Å². The molecule has 2 rings (SSSR count). The van der Waals surface area contributed by atoms with Crippen LogP contribution in [-0.4, -0.2) is 24.4 Å². The van der Waals surface area contributed by atoms with Crippen LogP contribution in [0.5, 0.6) is 11.5 Å². The van der Waals surface area contributed by atoms with Crippen LogP contribution in [0.25, 0.3) is 0 Å². The summed E-state index contributed by atoms with van der Waals surface area (Å²) in [5.41, 5.74) is 3.53. The van der Waals surface area contributed by atoms with Gasteiger partial charge in [0, 0.05) is 29.8 Å². The molecule has 0 spiro atoms. The van der Waals surface area contributed by atoms with Gasteiger partial charge in [-0.2, -0.15) is 5.10 Å². The summed E-state index contributed by atoms with van der Waals surface area (Å²) in [7, 11) is 3.27. The summed E-state index contributed by atoms with van der Waals surface area (Å²) in [6, 6.07) is 4.02. The van der Waals surface area contributed by atoms with Gasteiger partial charge in [-0.3, -0.25) is 5.10 Å². The van der Waals surface area contributed by atoms with E-state index in [4.69, 9.17) is 9.47 Å². The van der Waals surface area contributed by atoms with Crippen LogP contribution in [0.3, 0.4) is 0 Å². The average molecular weight is 382 g/mol. The van der Waals surface area contributed by atoms with Gasteiger partial charge in [-0.1, -0.05) is 20.8 Å². The molecule has 1 heterocycles. The Morgan fingerprint density at radius 3 is 2.52 bits per heavy atom. The Labute approximate surface area is 145 Å². The number of benzene rings is 1. The van der Waals surface area contributed by atoms with Crippen molar-refractivity contribution in [3.05, 3.63) is 39.6 Å². The smallest absolute Gasteiger partial charge is 0.174 e. The number of nitrogens with zero attached hydrogens (tertiary/aromatic N) is 1. The lowest BCUT2D eigenvalue weighted by Gasteiger charge is -2.18. The van der Waals surface area contributed by atoms with Gasteiger partial charge < -0.3 is 14.8 Å². The van der Waals surface area contributed by atoms with E-state index in [2.05, 4.69) is 52.2 Å². The molecule has 5 nitrogen and oxygen atoms in total. The largest absolute Gasteiger partial charge is 0.493 e. The summed E-state index contributed by atoms with van der Waals surface area (Å²) in [4.78, 5) is 0. The summed E-state index contributed by atoms with van der Waals surface area (Å²) < 4.78 is 11.6. The molecule has 0 atom stereocenters. The fraction of sp³-hybridized carbons (Fsp3) is 0.471. The lowest BCUT2D eigenvalue weighted by molar-refractivity contribution is 0.352. The minimum Gasteiger partial charge on any atom is -0.493 e. The fourth-order valence-electron chi connectivity index (χ4n) is 2.51. The zero-order valence-electron chi connectivity index (χ0n) is 14.3. The zero-order chi connectivity index (χ0) is 17.0. The standard InChI is InChI=1S/C17H24BrN3O2/c1-17(2,3)16-12(10-20-21-16)9-19-8-11-6-13(18)15(23-5)14(7-11)22-4/h6-7,10,19H,8-9H2,1-5H3,(H,20,21). The number of hydrogen-bond acceptors (Lipinski definition) is 4. The molecule has 1 aromatic carbocycles. The lowest BCUT2D eigenvalue weighted by Crippen LogP contribution is -2.19. The van der Waals surface area contributed by atoms with Crippen molar-refractivity contribution in [2.45, 2.75) is 39.3 Å². The van der Waals surface area contributed by atoms with Gasteiger partial charge in [0.1, 0.15) is 0 Å². The Bertz CT molecular complexity index is 662. The molecule has 6 heteroatoms. The van der Waals surface area contributed by atoms with Gasteiger partial charge in [0.2, 0.25) is 0 Å². The van der Waals surface area contributed by atoms with Crippen LogP contribution in [0.15, 0.2) is 22.8 Å². The minimum absolute atomic E-state index is 0.0554. The third-order valence-corrected chi connectivity index (χ3v) is 4.19. The molecule has 2 aromatic rings. The van der Waals surface area contributed by atoms with E-state index in [0.29, 0.717) is 5.75 Å². The molecule has 0 aliphatic rings. The van der Waals surface area contributed by atoms with Gasteiger partial charge in [-0.25, -0.2) is 0 Å². The van der Waals surface area contributed by atoms with Gasteiger partial charge in [0.25, 0.3) is 0 Å². The number of aromatic nitrogens is 2. The average Bonchev–Trinajstić information content (AvgIpc) is 2.95. The third-order valence-electron chi connectivity index (χ3n) is 3.61. The van der Waals surface area contributed by atoms with Crippen LogP contribution in [0.1, 0.15) is 37.6 Å². The van der Waals surface area contributed by atoms with Crippen LogP contribution in [0.4, 0.5) is 0 Å². The van der Waals surface area contributed by atoms with Crippen molar-refractivity contribution >= 4 is 15.9 Å². The molecule has 0 unspecified atom stereocenters. The van der Waals surface area contributed by atoms with E-state index in [9.17, 15) is 0 Å². The normalized spacial score (nSPS) is 11.6. The molecule has 0 aliphatic heterocycles. The molecule has 126 valence electrons. The maximum atomic E-state index is 5.38. The number of methoxy groups -OCH3 is 2. The second-order valence-electron chi connectivity index (χ2n) is 6.44. The Hall–Kier alpha value is -1.53. The molecule has 0 saturated heterocycles. The van der Waals surface area contributed by atoms with Crippen LogP contribution >= 0.6 is 15.9 Å². The molecule has 0 radical (unpaired) electrons. The monoisotopic (exact) mass is 381 g/mol. The van der Waals surface area contributed by atoms with E-state index >= 15 is 0 Å². The van der Waals surface area contributed by atoms with Crippen molar-refractivity contribution in [2.24, 2.45) is 0 Å². The second kappa shape index (κ2) is 7.36. The van der Waals surface area contributed by atoms with Crippen LogP contribution in [0.2, 0.25) is 0 Å². The van der Waals surface area contributed by atoms with Crippen molar-refractivity contribution in [1.82, 2.24) is 15.5 Å².